The van der Waals surface area contributed by atoms with Crippen LogP contribution in [0.4, 0.5) is 5.82 Å². The number of aryl methyl sites for hydroxylation is 1. The molecule has 1 N–H and O–H groups in total. The van der Waals surface area contributed by atoms with Gasteiger partial charge in [0.2, 0.25) is 0 Å². The van der Waals surface area contributed by atoms with E-state index >= 15 is 0 Å². The van der Waals surface area contributed by atoms with Gasteiger partial charge in [0.1, 0.15) is 12.1 Å². The quantitative estimate of drug-likeness (QED) is 0.874. The molecule has 0 atom stereocenters. The maximum absolute atomic E-state index is 4.33. The highest BCUT2D eigenvalue weighted by Crippen LogP contribution is 2.10. The van der Waals surface area contributed by atoms with Crippen molar-refractivity contribution in [2.45, 2.75) is 46.7 Å². The fraction of sp³-hybridized carbons (Fsp3) is 0.643. The summed E-state index contributed by atoms with van der Waals surface area (Å²) < 4.78 is 1.74. The number of nitrogens with zero attached hydrogens (tertiary/aromatic N) is 5. The summed E-state index contributed by atoms with van der Waals surface area (Å²) in [6.07, 6.45) is 1.53. The number of aromatic nitrogens is 4. The molecule has 0 aliphatic heterocycles. The zero-order valence-electron chi connectivity index (χ0n) is 13.0. The largest absolute Gasteiger partial charge is 0.369 e. The van der Waals surface area contributed by atoms with Crippen molar-refractivity contribution in [3.63, 3.8) is 0 Å². The van der Waals surface area contributed by atoms with Gasteiger partial charge in [-0.05, 0) is 34.6 Å². The van der Waals surface area contributed by atoms with Crippen molar-refractivity contribution in [1.29, 1.82) is 0 Å². The maximum Gasteiger partial charge on any atom is 0.254 e. The van der Waals surface area contributed by atoms with Crippen LogP contribution in [0.5, 0.6) is 0 Å². The number of hydrogen-bond donors (Lipinski definition) is 1. The summed E-state index contributed by atoms with van der Waals surface area (Å²) in [5.41, 5.74) is 0.942. The molecule has 0 aromatic carbocycles. The molecule has 0 saturated heterocycles. The summed E-state index contributed by atoms with van der Waals surface area (Å²) in [6.45, 7) is 12.7. The molecule has 0 fully saturated rings. The molecule has 2 aromatic rings. The second-order valence-electron chi connectivity index (χ2n) is 5.61. The Bertz CT molecular complexity index is 552. The summed E-state index contributed by atoms with van der Waals surface area (Å²) in [5, 5.41) is 7.63. The van der Waals surface area contributed by atoms with Crippen molar-refractivity contribution in [1.82, 2.24) is 24.5 Å². The molecule has 0 spiro atoms. The second-order valence-corrected chi connectivity index (χ2v) is 5.61. The lowest BCUT2D eigenvalue weighted by molar-refractivity contribution is 0.182. The third-order valence-electron chi connectivity index (χ3n) is 3.38. The van der Waals surface area contributed by atoms with Gasteiger partial charge in [-0.3, -0.25) is 4.90 Å². The standard InChI is InChI=1S/C14H24N6/c1-10(2)19(11(3)4)7-6-15-13-8-12(5)18-14-16-9-17-20(13)14/h8-11,15H,6-7H2,1-5H3. The topological polar surface area (TPSA) is 58.4 Å². The zero-order chi connectivity index (χ0) is 14.7. The Morgan fingerprint density at radius 2 is 1.95 bits per heavy atom. The molecule has 0 aliphatic rings. The molecule has 0 unspecified atom stereocenters. The number of hydrogen-bond acceptors (Lipinski definition) is 5. The monoisotopic (exact) mass is 276 g/mol. The lowest BCUT2D eigenvalue weighted by atomic mass is 10.2. The summed E-state index contributed by atoms with van der Waals surface area (Å²) in [5.74, 6) is 1.58. The zero-order valence-corrected chi connectivity index (χ0v) is 13.0. The van der Waals surface area contributed by atoms with Crippen LogP contribution >= 0.6 is 0 Å². The summed E-state index contributed by atoms with van der Waals surface area (Å²) >= 11 is 0. The fourth-order valence-electron chi connectivity index (χ4n) is 2.48. The predicted octanol–water partition coefficient (Wildman–Crippen LogP) is 1.96. The second kappa shape index (κ2) is 6.17. The van der Waals surface area contributed by atoms with E-state index in [1.807, 2.05) is 13.0 Å². The molecule has 110 valence electrons. The van der Waals surface area contributed by atoms with Crippen LogP contribution in [0.25, 0.3) is 5.78 Å². The third kappa shape index (κ3) is 3.25. The Morgan fingerprint density at radius 1 is 1.25 bits per heavy atom. The van der Waals surface area contributed by atoms with Crippen LogP contribution in [0.2, 0.25) is 0 Å². The Morgan fingerprint density at radius 3 is 2.60 bits per heavy atom. The van der Waals surface area contributed by atoms with Crippen LogP contribution in [-0.2, 0) is 0 Å². The van der Waals surface area contributed by atoms with E-state index < -0.39 is 0 Å². The van der Waals surface area contributed by atoms with Crippen LogP contribution in [0.1, 0.15) is 33.4 Å². The molecule has 2 aromatic heterocycles. The van der Waals surface area contributed by atoms with Gasteiger partial charge in [-0.2, -0.15) is 14.6 Å². The third-order valence-corrected chi connectivity index (χ3v) is 3.38. The van der Waals surface area contributed by atoms with Gasteiger partial charge in [0.05, 0.1) is 0 Å². The summed E-state index contributed by atoms with van der Waals surface area (Å²) in [4.78, 5) is 10.9. The highest BCUT2D eigenvalue weighted by atomic mass is 15.4. The van der Waals surface area contributed by atoms with Gasteiger partial charge >= 0.3 is 0 Å². The molecular weight excluding hydrogens is 252 g/mol. The minimum atomic E-state index is 0.544. The lowest BCUT2D eigenvalue weighted by Crippen LogP contribution is -2.40. The number of anilines is 1. The van der Waals surface area contributed by atoms with E-state index in [0.29, 0.717) is 17.9 Å². The van der Waals surface area contributed by atoms with Crippen molar-refractivity contribution in [2.75, 3.05) is 18.4 Å². The molecule has 0 bridgehead atoms. The predicted molar refractivity (Wildman–Crippen MR) is 81.0 cm³/mol. The van der Waals surface area contributed by atoms with Gasteiger partial charge in [-0.25, -0.2) is 4.98 Å². The smallest absolute Gasteiger partial charge is 0.254 e. The van der Waals surface area contributed by atoms with E-state index in [9.17, 15) is 0 Å². The van der Waals surface area contributed by atoms with E-state index in [4.69, 9.17) is 0 Å². The van der Waals surface area contributed by atoms with Crippen molar-refractivity contribution < 1.29 is 0 Å². The van der Waals surface area contributed by atoms with E-state index in [1.165, 1.54) is 6.33 Å². The van der Waals surface area contributed by atoms with Crippen molar-refractivity contribution >= 4 is 11.6 Å². The van der Waals surface area contributed by atoms with Crippen molar-refractivity contribution in [3.05, 3.63) is 18.1 Å². The van der Waals surface area contributed by atoms with E-state index in [-0.39, 0.29) is 0 Å². The van der Waals surface area contributed by atoms with Crippen LogP contribution in [0.3, 0.4) is 0 Å². The highest BCUT2D eigenvalue weighted by molar-refractivity contribution is 5.44. The number of nitrogens with one attached hydrogen (secondary N) is 1. The molecule has 0 aliphatic carbocycles. The first-order valence-electron chi connectivity index (χ1n) is 7.16. The molecule has 2 heterocycles. The highest BCUT2D eigenvalue weighted by Gasteiger charge is 2.13. The van der Waals surface area contributed by atoms with Gasteiger partial charge in [-0.15, -0.1) is 0 Å². The average Bonchev–Trinajstić information content (AvgIpc) is 2.81. The molecule has 2 rings (SSSR count). The van der Waals surface area contributed by atoms with Crippen LogP contribution in [-0.4, -0.2) is 49.7 Å². The number of fused-ring (bicyclic) bond motifs is 1. The van der Waals surface area contributed by atoms with Crippen molar-refractivity contribution in [2.24, 2.45) is 0 Å². The fourth-order valence-corrected chi connectivity index (χ4v) is 2.48. The van der Waals surface area contributed by atoms with Crippen LogP contribution in [0, 0.1) is 6.92 Å². The molecule has 0 radical (unpaired) electrons. The first kappa shape index (κ1) is 14.7. The first-order chi connectivity index (χ1) is 9.49. The van der Waals surface area contributed by atoms with E-state index in [0.717, 1.165) is 24.6 Å². The molecular formula is C14H24N6. The lowest BCUT2D eigenvalue weighted by Gasteiger charge is -2.30. The van der Waals surface area contributed by atoms with Gasteiger partial charge in [0.15, 0.2) is 0 Å². The summed E-state index contributed by atoms with van der Waals surface area (Å²) in [6, 6.07) is 3.08. The Kier molecular flexibility index (Phi) is 4.54. The van der Waals surface area contributed by atoms with Gasteiger partial charge < -0.3 is 5.32 Å². The van der Waals surface area contributed by atoms with Gasteiger partial charge in [0.25, 0.3) is 5.78 Å². The van der Waals surface area contributed by atoms with Gasteiger partial charge in [0, 0.05) is 36.9 Å². The number of rotatable bonds is 6. The first-order valence-corrected chi connectivity index (χ1v) is 7.16. The van der Waals surface area contributed by atoms with Gasteiger partial charge in [-0.1, -0.05) is 0 Å². The SMILES string of the molecule is Cc1cc(NCCN(C(C)C)C(C)C)n2ncnc2n1. The van der Waals surface area contributed by atoms with Crippen LogP contribution < -0.4 is 5.32 Å². The average molecular weight is 276 g/mol. The molecule has 20 heavy (non-hydrogen) atoms. The summed E-state index contributed by atoms with van der Waals surface area (Å²) in [7, 11) is 0. The minimum Gasteiger partial charge on any atom is -0.369 e. The molecule has 6 nitrogen and oxygen atoms in total. The Hall–Kier alpha value is -1.69. The molecule has 0 amide bonds. The van der Waals surface area contributed by atoms with Crippen LogP contribution in [0.15, 0.2) is 12.4 Å². The van der Waals surface area contributed by atoms with Crippen molar-refractivity contribution in [3.8, 4) is 0 Å². The van der Waals surface area contributed by atoms with E-state index in [2.05, 4.69) is 53.0 Å². The Labute approximate surface area is 120 Å². The minimum absolute atomic E-state index is 0.544. The molecule has 0 saturated carbocycles. The maximum atomic E-state index is 4.33. The molecule has 6 heteroatoms. The Balaban J connectivity index is 2.04. The normalized spacial score (nSPS) is 12.0. The van der Waals surface area contributed by atoms with E-state index in [1.54, 1.807) is 4.52 Å².